The Hall–Kier alpha value is -1.24. The molecule has 0 aliphatic carbocycles. The van der Waals surface area contributed by atoms with Crippen molar-refractivity contribution in [1.29, 1.82) is 0 Å². The molecule has 6 heteroatoms. The van der Waals surface area contributed by atoms with Crippen LogP contribution in [0, 0.1) is 13.8 Å². The van der Waals surface area contributed by atoms with E-state index < -0.39 is 0 Å². The lowest BCUT2D eigenvalue weighted by Crippen LogP contribution is -2.45. The number of aromatic nitrogens is 2. The van der Waals surface area contributed by atoms with E-state index in [9.17, 15) is 0 Å². The van der Waals surface area contributed by atoms with Gasteiger partial charge in [-0.15, -0.1) is 5.10 Å². The maximum Gasteiger partial charge on any atom is 0.156 e. The van der Waals surface area contributed by atoms with Crippen LogP contribution < -0.4 is 10.6 Å². The minimum Gasteiger partial charge on any atom is -0.394 e. The molecule has 100 valence electrons. The van der Waals surface area contributed by atoms with E-state index in [0.29, 0.717) is 19.7 Å². The molecule has 1 aromatic rings. The quantitative estimate of drug-likeness (QED) is 0.771. The molecule has 6 nitrogen and oxygen atoms in total. The lowest BCUT2D eigenvalue weighted by atomic mass is 10.1. The highest BCUT2D eigenvalue weighted by Gasteiger charge is 2.23. The maximum atomic E-state index is 9.17. The van der Waals surface area contributed by atoms with E-state index in [1.54, 1.807) is 0 Å². The predicted octanol–water partition coefficient (Wildman–Crippen LogP) is -0.250. The van der Waals surface area contributed by atoms with Crippen LogP contribution in [0.2, 0.25) is 0 Å². The average molecular weight is 252 g/mol. The molecule has 1 saturated heterocycles. The van der Waals surface area contributed by atoms with Crippen molar-refractivity contribution in [1.82, 2.24) is 10.2 Å². The van der Waals surface area contributed by atoms with Gasteiger partial charge in [-0.3, -0.25) is 0 Å². The summed E-state index contributed by atoms with van der Waals surface area (Å²) in [6.07, 6.45) is -0.159. The third-order valence-corrected chi connectivity index (χ3v) is 3.41. The summed E-state index contributed by atoms with van der Waals surface area (Å²) in [5.74, 6) is 0.822. The molecule has 0 radical (unpaired) electrons. The summed E-state index contributed by atoms with van der Waals surface area (Å²) in [4.78, 5) is 2.09. The zero-order chi connectivity index (χ0) is 13.1. The van der Waals surface area contributed by atoms with Crippen molar-refractivity contribution in [3.05, 3.63) is 16.8 Å². The number of hydrogen-bond acceptors (Lipinski definition) is 6. The molecule has 18 heavy (non-hydrogen) atoms. The van der Waals surface area contributed by atoms with Crippen LogP contribution in [0.5, 0.6) is 0 Å². The molecule has 0 saturated carbocycles. The van der Waals surface area contributed by atoms with Gasteiger partial charge in [0.25, 0.3) is 0 Å². The summed E-state index contributed by atoms with van der Waals surface area (Å²) in [7, 11) is 0. The number of aliphatic hydroxyl groups excluding tert-OH is 1. The molecular formula is C12H20N4O2. The molecular weight excluding hydrogens is 232 g/mol. The van der Waals surface area contributed by atoms with Gasteiger partial charge in [0.05, 0.1) is 25.0 Å². The Morgan fingerprint density at radius 2 is 2.22 bits per heavy atom. The second-order valence-corrected chi connectivity index (χ2v) is 4.54. The zero-order valence-electron chi connectivity index (χ0n) is 10.9. The first-order chi connectivity index (χ1) is 8.67. The van der Waals surface area contributed by atoms with E-state index in [-0.39, 0.29) is 12.7 Å². The molecule has 2 rings (SSSR count). The number of anilines is 1. The molecule has 1 aliphatic heterocycles. The van der Waals surface area contributed by atoms with Crippen molar-refractivity contribution in [3.63, 3.8) is 0 Å². The van der Waals surface area contributed by atoms with Crippen molar-refractivity contribution in [2.75, 3.05) is 31.2 Å². The Balaban J connectivity index is 2.30. The van der Waals surface area contributed by atoms with E-state index in [4.69, 9.17) is 15.6 Å². The molecule has 1 atom stereocenters. The van der Waals surface area contributed by atoms with Crippen LogP contribution in [0.15, 0.2) is 0 Å². The number of nitrogens with zero attached hydrogens (tertiary/aromatic N) is 3. The number of aryl methyl sites for hydroxylation is 1. The van der Waals surface area contributed by atoms with Crippen molar-refractivity contribution >= 4 is 5.82 Å². The first kappa shape index (κ1) is 13.2. The fourth-order valence-corrected chi connectivity index (χ4v) is 2.16. The Bertz CT molecular complexity index is 425. The SMILES string of the molecule is Cc1nnc(N2CCOC(CO)C2)c(CN)c1C. The van der Waals surface area contributed by atoms with Crippen molar-refractivity contribution < 1.29 is 9.84 Å². The number of morpholine rings is 1. The standard InChI is InChI=1S/C12H20N4O2/c1-8-9(2)14-15-12(11(8)5-13)16-3-4-18-10(6-16)7-17/h10,17H,3-7,13H2,1-2H3. The van der Waals surface area contributed by atoms with Gasteiger partial charge in [0.1, 0.15) is 0 Å². The van der Waals surface area contributed by atoms with Gasteiger partial charge in [-0.2, -0.15) is 5.10 Å². The molecule has 1 fully saturated rings. The monoisotopic (exact) mass is 252 g/mol. The van der Waals surface area contributed by atoms with Crippen molar-refractivity contribution in [3.8, 4) is 0 Å². The van der Waals surface area contributed by atoms with E-state index >= 15 is 0 Å². The van der Waals surface area contributed by atoms with Crippen LogP contribution in [0.4, 0.5) is 5.82 Å². The van der Waals surface area contributed by atoms with Crippen LogP contribution in [0.3, 0.4) is 0 Å². The minimum absolute atomic E-state index is 0.0206. The third-order valence-electron chi connectivity index (χ3n) is 3.41. The molecule has 0 bridgehead atoms. The van der Waals surface area contributed by atoms with E-state index in [0.717, 1.165) is 29.2 Å². The number of rotatable bonds is 3. The minimum atomic E-state index is -0.159. The zero-order valence-corrected chi connectivity index (χ0v) is 10.9. The number of hydrogen-bond donors (Lipinski definition) is 2. The summed E-state index contributed by atoms with van der Waals surface area (Å²) >= 11 is 0. The second kappa shape index (κ2) is 5.60. The van der Waals surface area contributed by atoms with Gasteiger partial charge in [-0.1, -0.05) is 0 Å². The summed E-state index contributed by atoms with van der Waals surface area (Å²) in [6.45, 7) is 6.37. The normalized spacial score (nSPS) is 20.2. The van der Waals surface area contributed by atoms with Crippen molar-refractivity contribution in [2.45, 2.75) is 26.5 Å². The van der Waals surface area contributed by atoms with Crippen LogP contribution in [0.1, 0.15) is 16.8 Å². The number of nitrogens with two attached hydrogens (primary N) is 1. The summed E-state index contributed by atoms with van der Waals surface area (Å²) in [5.41, 5.74) is 8.85. The van der Waals surface area contributed by atoms with E-state index in [1.165, 1.54) is 0 Å². The first-order valence-corrected chi connectivity index (χ1v) is 6.17. The van der Waals surface area contributed by atoms with Crippen LogP contribution in [-0.4, -0.2) is 47.7 Å². The molecule has 3 N–H and O–H groups in total. The topological polar surface area (TPSA) is 84.5 Å². The van der Waals surface area contributed by atoms with Gasteiger partial charge in [-0.25, -0.2) is 0 Å². The highest BCUT2D eigenvalue weighted by Crippen LogP contribution is 2.23. The highest BCUT2D eigenvalue weighted by atomic mass is 16.5. The lowest BCUT2D eigenvalue weighted by Gasteiger charge is -2.33. The van der Waals surface area contributed by atoms with Crippen LogP contribution in [0.25, 0.3) is 0 Å². The molecule has 1 unspecified atom stereocenters. The Morgan fingerprint density at radius 3 is 2.89 bits per heavy atom. The Labute approximate surface area is 107 Å². The van der Waals surface area contributed by atoms with E-state index in [1.807, 2.05) is 13.8 Å². The largest absolute Gasteiger partial charge is 0.394 e. The maximum absolute atomic E-state index is 9.17. The van der Waals surface area contributed by atoms with Gasteiger partial charge in [0.15, 0.2) is 5.82 Å². The smallest absolute Gasteiger partial charge is 0.156 e. The van der Waals surface area contributed by atoms with E-state index in [2.05, 4.69) is 15.1 Å². The summed E-state index contributed by atoms with van der Waals surface area (Å²) in [6, 6.07) is 0. The Morgan fingerprint density at radius 1 is 1.44 bits per heavy atom. The molecule has 1 aliphatic rings. The Kier molecular flexibility index (Phi) is 4.11. The highest BCUT2D eigenvalue weighted by molar-refractivity contribution is 5.51. The predicted molar refractivity (Wildman–Crippen MR) is 68.4 cm³/mol. The molecule has 0 spiro atoms. The van der Waals surface area contributed by atoms with Crippen LogP contribution in [-0.2, 0) is 11.3 Å². The summed E-state index contributed by atoms with van der Waals surface area (Å²) < 4.78 is 5.44. The first-order valence-electron chi connectivity index (χ1n) is 6.17. The summed E-state index contributed by atoms with van der Waals surface area (Å²) in [5, 5.41) is 17.6. The van der Waals surface area contributed by atoms with Gasteiger partial charge < -0.3 is 20.5 Å². The van der Waals surface area contributed by atoms with Crippen molar-refractivity contribution in [2.24, 2.45) is 5.73 Å². The molecule has 1 aromatic heterocycles. The molecule has 0 aromatic carbocycles. The van der Waals surface area contributed by atoms with Gasteiger partial charge in [0, 0.05) is 25.2 Å². The third kappa shape index (κ3) is 2.45. The average Bonchev–Trinajstić information content (AvgIpc) is 2.41. The van der Waals surface area contributed by atoms with Gasteiger partial charge in [-0.05, 0) is 19.4 Å². The van der Waals surface area contributed by atoms with Gasteiger partial charge >= 0.3 is 0 Å². The lowest BCUT2D eigenvalue weighted by molar-refractivity contribution is 0.00327. The fourth-order valence-electron chi connectivity index (χ4n) is 2.16. The van der Waals surface area contributed by atoms with Gasteiger partial charge in [0.2, 0.25) is 0 Å². The fraction of sp³-hybridized carbons (Fsp3) is 0.667. The number of ether oxygens (including phenoxy) is 1. The van der Waals surface area contributed by atoms with Crippen LogP contribution >= 0.6 is 0 Å². The second-order valence-electron chi connectivity index (χ2n) is 4.54. The molecule has 0 amide bonds. The number of aliphatic hydroxyl groups is 1. The molecule has 2 heterocycles.